The van der Waals surface area contributed by atoms with Crippen molar-refractivity contribution in [2.24, 2.45) is 0 Å². The summed E-state index contributed by atoms with van der Waals surface area (Å²) >= 11 is 0. The number of carbonyl (C=O) groups excluding carboxylic acids is 2. The molecule has 5 heteroatoms. The van der Waals surface area contributed by atoms with Gasteiger partial charge in [-0.05, 0) is 28.8 Å². The van der Waals surface area contributed by atoms with Crippen LogP contribution < -0.4 is 5.32 Å². The highest BCUT2D eigenvalue weighted by molar-refractivity contribution is 5.95. The van der Waals surface area contributed by atoms with Gasteiger partial charge in [0.1, 0.15) is 0 Å². The highest BCUT2D eigenvalue weighted by Crippen LogP contribution is 2.31. The molecule has 3 aromatic carbocycles. The van der Waals surface area contributed by atoms with Gasteiger partial charge in [0, 0.05) is 25.1 Å². The first-order valence-electron chi connectivity index (χ1n) is 11.1. The Morgan fingerprint density at radius 1 is 0.970 bits per heavy atom. The third kappa shape index (κ3) is 5.04. The Labute approximate surface area is 194 Å². The molecule has 0 spiro atoms. The van der Waals surface area contributed by atoms with Gasteiger partial charge in [-0.25, -0.2) is 0 Å². The molecule has 1 aliphatic rings. The van der Waals surface area contributed by atoms with E-state index in [9.17, 15) is 9.59 Å². The monoisotopic (exact) mass is 440 g/mol. The zero-order valence-corrected chi connectivity index (χ0v) is 18.6. The Hall–Kier alpha value is -3.70. The first-order chi connectivity index (χ1) is 16.1. The van der Waals surface area contributed by atoms with Crippen molar-refractivity contribution in [1.29, 1.82) is 0 Å². The normalized spacial score (nSPS) is 17.9. The SMILES string of the molecule is C=CCNC(=O)[C@]1(Cc2ccccc2-c2ccccc2)CN(C(=O)c2ccccc2)CCO1. The molecule has 0 aromatic heterocycles. The number of hydrogen-bond acceptors (Lipinski definition) is 3. The van der Waals surface area contributed by atoms with Gasteiger partial charge in [-0.15, -0.1) is 6.58 Å². The number of ether oxygens (including phenoxy) is 1. The van der Waals surface area contributed by atoms with Crippen molar-refractivity contribution in [3.8, 4) is 11.1 Å². The van der Waals surface area contributed by atoms with E-state index in [2.05, 4.69) is 30.1 Å². The Morgan fingerprint density at radius 3 is 2.36 bits per heavy atom. The first-order valence-corrected chi connectivity index (χ1v) is 11.1. The predicted octanol–water partition coefficient (Wildman–Crippen LogP) is 4.11. The second kappa shape index (κ2) is 10.3. The maximum atomic E-state index is 13.4. The fraction of sp³-hybridized carbons (Fsp3) is 0.214. The molecular weight excluding hydrogens is 412 g/mol. The summed E-state index contributed by atoms with van der Waals surface area (Å²) in [6.45, 7) is 4.93. The summed E-state index contributed by atoms with van der Waals surface area (Å²) in [4.78, 5) is 28.3. The van der Waals surface area contributed by atoms with Gasteiger partial charge in [0.05, 0.1) is 13.2 Å². The van der Waals surface area contributed by atoms with Gasteiger partial charge in [0.15, 0.2) is 5.60 Å². The van der Waals surface area contributed by atoms with E-state index < -0.39 is 5.60 Å². The van der Waals surface area contributed by atoms with Crippen LogP contribution in [0.2, 0.25) is 0 Å². The molecule has 168 valence electrons. The van der Waals surface area contributed by atoms with Crippen LogP contribution in [0.3, 0.4) is 0 Å². The number of hydrogen-bond donors (Lipinski definition) is 1. The van der Waals surface area contributed by atoms with Crippen molar-refractivity contribution < 1.29 is 14.3 Å². The molecule has 1 fully saturated rings. The minimum Gasteiger partial charge on any atom is -0.361 e. The van der Waals surface area contributed by atoms with E-state index in [1.54, 1.807) is 23.1 Å². The molecule has 0 bridgehead atoms. The van der Waals surface area contributed by atoms with E-state index in [-0.39, 0.29) is 25.0 Å². The summed E-state index contributed by atoms with van der Waals surface area (Å²) in [7, 11) is 0. The highest BCUT2D eigenvalue weighted by atomic mass is 16.5. The Balaban J connectivity index is 1.68. The summed E-state index contributed by atoms with van der Waals surface area (Å²) < 4.78 is 6.20. The lowest BCUT2D eigenvalue weighted by molar-refractivity contribution is -0.157. The van der Waals surface area contributed by atoms with Crippen molar-refractivity contribution in [2.75, 3.05) is 26.2 Å². The molecule has 1 atom stereocenters. The fourth-order valence-electron chi connectivity index (χ4n) is 4.25. The van der Waals surface area contributed by atoms with Gasteiger partial charge in [-0.3, -0.25) is 9.59 Å². The quantitative estimate of drug-likeness (QED) is 0.563. The van der Waals surface area contributed by atoms with Gasteiger partial charge < -0.3 is 15.0 Å². The van der Waals surface area contributed by atoms with Gasteiger partial charge in [-0.1, -0.05) is 78.9 Å². The largest absolute Gasteiger partial charge is 0.361 e. The molecule has 0 radical (unpaired) electrons. The van der Waals surface area contributed by atoms with E-state index in [0.29, 0.717) is 25.1 Å². The number of amides is 2. The molecule has 1 saturated heterocycles. The number of rotatable bonds is 7. The molecule has 0 saturated carbocycles. The Morgan fingerprint density at radius 2 is 1.64 bits per heavy atom. The number of nitrogens with zero attached hydrogens (tertiary/aromatic N) is 1. The summed E-state index contributed by atoms with van der Waals surface area (Å²) in [6, 6.07) is 27.2. The minimum atomic E-state index is -1.20. The van der Waals surface area contributed by atoms with E-state index in [1.807, 2.05) is 54.6 Å². The summed E-state index contributed by atoms with van der Waals surface area (Å²) in [6.07, 6.45) is 1.98. The van der Waals surface area contributed by atoms with E-state index in [4.69, 9.17) is 4.74 Å². The average Bonchev–Trinajstić information content (AvgIpc) is 2.88. The smallest absolute Gasteiger partial charge is 0.254 e. The molecule has 3 aromatic rings. The minimum absolute atomic E-state index is 0.101. The van der Waals surface area contributed by atoms with Crippen LogP contribution in [0.4, 0.5) is 0 Å². The van der Waals surface area contributed by atoms with Crippen LogP contribution in [-0.4, -0.2) is 48.6 Å². The van der Waals surface area contributed by atoms with Gasteiger partial charge in [0.2, 0.25) is 0 Å². The Bertz CT molecular complexity index is 1110. The molecule has 1 N–H and O–H groups in total. The van der Waals surface area contributed by atoms with E-state index in [1.165, 1.54) is 0 Å². The molecule has 2 amide bonds. The topological polar surface area (TPSA) is 58.6 Å². The van der Waals surface area contributed by atoms with Crippen molar-refractivity contribution in [2.45, 2.75) is 12.0 Å². The number of morpholine rings is 1. The second-order valence-corrected chi connectivity index (χ2v) is 8.13. The molecular formula is C28H28N2O3. The third-order valence-electron chi connectivity index (χ3n) is 5.89. The van der Waals surface area contributed by atoms with Gasteiger partial charge in [-0.2, -0.15) is 0 Å². The lowest BCUT2D eigenvalue weighted by Crippen LogP contribution is -2.62. The number of benzene rings is 3. The summed E-state index contributed by atoms with van der Waals surface area (Å²) in [5.41, 5.74) is 2.51. The van der Waals surface area contributed by atoms with Crippen LogP contribution in [0.15, 0.2) is 97.6 Å². The van der Waals surface area contributed by atoms with Crippen molar-refractivity contribution >= 4 is 11.8 Å². The zero-order chi connectivity index (χ0) is 23.1. The predicted molar refractivity (Wildman–Crippen MR) is 130 cm³/mol. The number of nitrogens with one attached hydrogen (secondary N) is 1. The molecule has 33 heavy (non-hydrogen) atoms. The maximum Gasteiger partial charge on any atom is 0.254 e. The van der Waals surface area contributed by atoms with Crippen LogP contribution in [-0.2, 0) is 16.0 Å². The van der Waals surface area contributed by atoms with Gasteiger partial charge >= 0.3 is 0 Å². The maximum absolute atomic E-state index is 13.4. The zero-order valence-electron chi connectivity index (χ0n) is 18.6. The summed E-state index contributed by atoms with van der Waals surface area (Å²) in [5, 5.41) is 2.90. The van der Waals surface area contributed by atoms with Crippen LogP contribution in [0, 0.1) is 0 Å². The summed E-state index contributed by atoms with van der Waals surface area (Å²) in [5.74, 6) is -0.341. The van der Waals surface area contributed by atoms with Crippen LogP contribution in [0.25, 0.3) is 11.1 Å². The molecule has 1 heterocycles. The van der Waals surface area contributed by atoms with Crippen LogP contribution in [0.1, 0.15) is 15.9 Å². The molecule has 0 aliphatic carbocycles. The molecule has 1 aliphatic heterocycles. The third-order valence-corrected chi connectivity index (χ3v) is 5.89. The van der Waals surface area contributed by atoms with Crippen molar-refractivity contribution in [3.63, 3.8) is 0 Å². The lowest BCUT2D eigenvalue weighted by Gasteiger charge is -2.42. The van der Waals surface area contributed by atoms with Gasteiger partial charge in [0.25, 0.3) is 11.8 Å². The molecule has 0 unspecified atom stereocenters. The molecule has 5 nitrogen and oxygen atoms in total. The second-order valence-electron chi connectivity index (χ2n) is 8.13. The van der Waals surface area contributed by atoms with E-state index >= 15 is 0 Å². The van der Waals surface area contributed by atoms with Crippen LogP contribution in [0.5, 0.6) is 0 Å². The molecule has 4 rings (SSSR count). The average molecular weight is 441 g/mol. The van der Waals surface area contributed by atoms with Crippen molar-refractivity contribution in [3.05, 3.63) is 109 Å². The Kier molecular flexibility index (Phi) is 7.01. The lowest BCUT2D eigenvalue weighted by atomic mass is 9.87. The van der Waals surface area contributed by atoms with Crippen molar-refractivity contribution in [1.82, 2.24) is 10.2 Å². The highest BCUT2D eigenvalue weighted by Gasteiger charge is 2.45. The number of carbonyl (C=O) groups is 2. The first kappa shape index (κ1) is 22.5. The van der Waals surface area contributed by atoms with E-state index in [0.717, 1.165) is 16.7 Å². The standard InChI is InChI=1S/C28H28N2O3/c1-2-17-29-27(32)28(20-24-15-9-10-16-25(24)22-11-5-3-6-12-22)21-30(18-19-33-28)26(31)23-13-7-4-8-14-23/h2-16H,1,17-21H2,(H,29,32)/t28-/m0/s1. The fourth-order valence-corrected chi connectivity index (χ4v) is 4.25. The van der Waals surface area contributed by atoms with Crippen LogP contribution >= 0.6 is 0 Å².